The van der Waals surface area contributed by atoms with Crippen molar-refractivity contribution in [2.24, 2.45) is 4.99 Å². The van der Waals surface area contributed by atoms with Crippen molar-refractivity contribution in [3.63, 3.8) is 0 Å². The second-order valence-corrected chi connectivity index (χ2v) is 8.03. The zero-order chi connectivity index (χ0) is 20.5. The molecule has 1 aromatic carbocycles. The van der Waals surface area contributed by atoms with E-state index in [-0.39, 0.29) is 36.4 Å². The topological polar surface area (TPSA) is 60.0 Å². The van der Waals surface area contributed by atoms with Crippen LogP contribution in [0.25, 0.3) is 0 Å². The molecular weight excluding hydrogens is 477 g/mol. The number of aryl methyl sites for hydroxylation is 1. The van der Waals surface area contributed by atoms with Gasteiger partial charge in [-0.15, -0.1) is 24.0 Å². The van der Waals surface area contributed by atoms with Crippen LogP contribution in [-0.2, 0) is 11.3 Å². The van der Waals surface area contributed by atoms with Gasteiger partial charge in [0.1, 0.15) is 6.54 Å². The standard InChI is InChI=1S/C22H37N5O.HI/c1-6-18(3)24-22(23-15-21(28)26(4)5)25-20-11-13-27(14-12-20)16-19-10-8-7-9-17(19)2;/h7-10,18,20H,6,11-16H2,1-5H3,(H2,23,24,25);1H. The number of amides is 1. The Bertz CT molecular complexity index is 656. The van der Waals surface area contributed by atoms with Crippen molar-refractivity contribution in [2.75, 3.05) is 33.7 Å². The third-order valence-electron chi connectivity index (χ3n) is 5.45. The number of halogens is 1. The molecule has 0 spiro atoms. The lowest BCUT2D eigenvalue weighted by Crippen LogP contribution is -2.50. The first-order chi connectivity index (χ1) is 13.4. The first-order valence-electron chi connectivity index (χ1n) is 10.4. The quantitative estimate of drug-likeness (QED) is 0.333. The normalized spacial score (nSPS) is 16.7. The summed E-state index contributed by atoms with van der Waals surface area (Å²) in [5, 5.41) is 6.97. The van der Waals surface area contributed by atoms with Crippen LogP contribution < -0.4 is 10.6 Å². The van der Waals surface area contributed by atoms with Gasteiger partial charge in [-0.3, -0.25) is 9.69 Å². The summed E-state index contributed by atoms with van der Waals surface area (Å²) in [5.41, 5.74) is 2.78. The number of rotatable bonds is 7. The third kappa shape index (κ3) is 8.90. The number of nitrogens with zero attached hydrogens (tertiary/aromatic N) is 3. The molecule has 1 aromatic rings. The van der Waals surface area contributed by atoms with E-state index in [4.69, 9.17) is 0 Å². The molecule has 6 nitrogen and oxygen atoms in total. The molecule has 1 fully saturated rings. The number of aliphatic imine (C=N–C) groups is 1. The van der Waals surface area contributed by atoms with Gasteiger partial charge in [0, 0.05) is 45.8 Å². The lowest BCUT2D eigenvalue weighted by Gasteiger charge is -2.33. The molecule has 2 rings (SSSR count). The van der Waals surface area contributed by atoms with Gasteiger partial charge in [0.25, 0.3) is 0 Å². The minimum atomic E-state index is 0. The number of benzene rings is 1. The Labute approximate surface area is 193 Å². The smallest absolute Gasteiger partial charge is 0.243 e. The molecule has 1 heterocycles. The van der Waals surface area contributed by atoms with E-state index in [1.165, 1.54) is 11.1 Å². The maximum atomic E-state index is 11.9. The first-order valence-corrected chi connectivity index (χ1v) is 10.4. The number of nitrogens with one attached hydrogen (secondary N) is 2. The molecule has 0 aliphatic carbocycles. The molecule has 29 heavy (non-hydrogen) atoms. The van der Waals surface area contributed by atoms with Crippen molar-refractivity contribution < 1.29 is 4.79 Å². The van der Waals surface area contributed by atoms with Crippen LogP contribution in [0.15, 0.2) is 29.3 Å². The van der Waals surface area contributed by atoms with Gasteiger partial charge in [0.05, 0.1) is 0 Å². The van der Waals surface area contributed by atoms with E-state index in [2.05, 4.69) is 65.6 Å². The number of likely N-dealkylation sites (N-methyl/N-ethyl adjacent to an activating group) is 1. The van der Waals surface area contributed by atoms with Gasteiger partial charge in [-0.2, -0.15) is 0 Å². The maximum absolute atomic E-state index is 11.9. The van der Waals surface area contributed by atoms with Crippen LogP contribution in [0.3, 0.4) is 0 Å². The summed E-state index contributed by atoms with van der Waals surface area (Å²) in [6.07, 6.45) is 3.17. The molecule has 1 atom stereocenters. The van der Waals surface area contributed by atoms with Crippen molar-refractivity contribution in [1.82, 2.24) is 20.4 Å². The number of likely N-dealkylation sites (tertiary alicyclic amines) is 1. The van der Waals surface area contributed by atoms with E-state index in [1.807, 2.05) is 0 Å². The molecule has 1 saturated heterocycles. The molecule has 1 amide bonds. The van der Waals surface area contributed by atoms with Crippen LogP contribution in [0, 0.1) is 6.92 Å². The highest BCUT2D eigenvalue weighted by Gasteiger charge is 2.21. The lowest BCUT2D eigenvalue weighted by atomic mass is 10.0. The minimum absolute atomic E-state index is 0. The molecular formula is C22H38IN5O. The van der Waals surface area contributed by atoms with E-state index in [9.17, 15) is 4.79 Å². The van der Waals surface area contributed by atoms with E-state index >= 15 is 0 Å². The summed E-state index contributed by atoms with van der Waals surface area (Å²) >= 11 is 0. The van der Waals surface area contributed by atoms with Crippen molar-refractivity contribution in [2.45, 2.75) is 58.7 Å². The fourth-order valence-corrected chi connectivity index (χ4v) is 3.21. The van der Waals surface area contributed by atoms with Crippen LogP contribution in [0.2, 0.25) is 0 Å². The average molecular weight is 515 g/mol. The van der Waals surface area contributed by atoms with E-state index < -0.39 is 0 Å². The predicted molar refractivity (Wildman–Crippen MR) is 132 cm³/mol. The van der Waals surface area contributed by atoms with Gasteiger partial charge in [-0.05, 0) is 44.2 Å². The summed E-state index contributed by atoms with van der Waals surface area (Å²) in [4.78, 5) is 20.5. The van der Waals surface area contributed by atoms with Gasteiger partial charge in [0.2, 0.25) is 5.91 Å². The zero-order valence-corrected chi connectivity index (χ0v) is 20.9. The molecule has 2 N–H and O–H groups in total. The molecule has 0 aromatic heterocycles. The summed E-state index contributed by atoms with van der Waals surface area (Å²) in [7, 11) is 3.52. The Hall–Kier alpha value is -1.35. The van der Waals surface area contributed by atoms with Gasteiger partial charge in [-0.1, -0.05) is 31.2 Å². The lowest BCUT2D eigenvalue weighted by molar-refractivity contribution is -0.127. The number of guanidine groups is 1. The highest BCUT2D eigenvalue weighted by atomic mass is 127. The van der Waals surface area contributed by atoms with E-state index in [0.717, 1.165) is 44.9 Å². The average Bonchev–Trinajstić information content (AvgIpc) is 2.68. The summed E-state index contributed by atoms with van der Waals surface area (Å²) in [5.74, 6) is 0.764. The highest BCUT2D eigenvalue weighted by molar-refractivity contribution is 14.0. The summed E-state index contributed by atoms with van der Waals surface area (Å²) in [6.45, 7) is 9.79. The van der Waals surface area contributed by atoms with Gasteiger partial charge in [-0.25, -0.2) is 4.99 Å². The Kier molecular flexibility index (Phi) is 11.6. The SMILES string of the molecule is CCC(C)NC(=NCC(=O)N(C)C)NC1CCN(Cc2ccccc2C)CC1.I. The molecule has 0 radical (unpaired) electrons. The van der Waals surface area contributed by atoms with Crippen LogP contribution in [-0.4, -0.2) is 67.5 Å². The number of hydrogen-bond acceptors (Lipinski definition) is 3. The molecule has 164 valence electrons. The largest absolute Gasteiger partial charge is 0.354 e. The number of hydrogen-bond donors (Lipinski definition) is 2. The van der Waals surface area contributed by atoms with Crippen LogP contribution in [0.5, 0.6) is 0 Å². The van der Waals surface area contributed by atoms with E-state index in [0.29, 0.717) is 12.1 Å². The molecule has 1 unspecified atom stereocenters. The van der Waals surface area contributed by atoms with Crippen LogP contribution in [0.4, 0.5) is 0 Å². The Morgan fingerprint density at radius 2 is 1.93 bits per heavy atom. The second-order valence-electron chi connectivity index (χ2n) is 8.03. The summed E-state index contributed by atoms with van der Waals surface area (Å²) in [6, 6.07) is 9.33. The number of piperidine rings is 1. The molecule has 7 heteroatoms. The number of carbonyl (C=O) groups excluding carboxylic acids is 1. The Morgan fingerprint density at radius 3 is 2.52 bits per heavy atom. The van der Waals surface area contributed by atoms with Gasteiger partial charge in [0.15, 0.2) is 5.96 Å². The second kappa shape index (κ2) is 13.1. The Morgan fingerprint density at radius 1 is 1.28 bits per heavy atom. The maximum Gasteiger partial charge on any atom is 0.243 e. The fourth-order valence-electron chi connectivity index (χ4n) is 3.21. The van der Waals surface area contributed by atoms with Gasteiger partial charge >= 0.3 is 0 Å². The number of carbonyl (C=O) groups is 1. The highest BCUT2D eigenvalue weighted by Crippen LogP contribution is 2.16. The van der Waals surface area contributed by atoms with E-state index in [1.54, 1.807) is 19.0 Å². The zero-order valence-electron chi connectivity index (χ0n) is 18.6. The van der Waals surface area contributed by atoms with Crippen molar-refractivity contribution >= 4 is 35.8 Å². The van der Waals surface area contributed by atoms with Crippen molar-refractivity contribution in [3.05, 3.63) is 35.4 Å². The molecule has 0 saturated carbocycles. The fraction of sp³-hybridized carbons (Fsp3) is 0.636. The monoisotopic (exact) mass is 515 g/mol. The van der Waals surface area contributed by atoms with Crippen LogP contribution in [0.1, 0.15) is 44.2 Å². The van der Waals surface area contributed by atoms with Crippen LogP contribution >= 0.6 is 24.0 Å². The third-order valence-corrected chi connectivity index (χ3v) is 5.45. The van der Waals surface area contributed by atoms with Crippen molar-refractivity contribution in [1.29, 1.82) is 0 Å². The molecule has 1 aliphatic heterocycles. The first kappa shape index (κ1) is 25.7. The summed E-state index contributed by atoms with van der Waals surface area (Å²) < 4.78 is 0. The predicted octanol–water partition coefficient (Wildman–Crippen LogP) is 3.00. The Balaban J connectivity index is 0.00000420. The van der Waals surface area contributed by atoms with Gasteiger partial charge < -0.3 is 15.5 Å². The minimum Gasteiger partial charge on any atom is -0.354 e. The molecule has 1 aliphatic rings. The molecule has 0 bridgehead atoms. The van der Waals surface area contributed by atoms with Crippen molar-refractivity contribution in [3.8, 4) is 0 Å².